The van der Waals surface area contributed by atoms with Crippen LogP contribution in [-0.4, -0.2) is 73.6 Å². The molecule has 174 valence electrons. The number of nitrogens with one attached hydrogen (secondary N) is 1. The number of rotatable bonds is 11. The second-order valence-corrected chi connectivity index (χ2v) is 8.55. The van der Waals surface area contributed by atoms with E-state index in [0.717, 1.165) is 69.5 Å². The SMILES string of the molecule is C=N/C(NCCCCC)=C1\C(=N/CN)C=CN1Cc1ccc(CN2CCN(C)CC2)cc1. The van der Waals surface area contributed by atoms with Gasteiger partial charge in [-0.1, -0.05) is 44.0 Å². The van der Waals surface area contributed by atoms with Crippen molar-refractivity contribution < 1.29 is 0 Å². The highest BCUT2D eigenvalue weighted by atomic mass is 15.2. The van der Waals surface area contributed by atoms with Crippen LogP contribution in [0.2, 0.25) is 0 Å². The highest BCUT2D eigenvalue weighted by Crippen LogP contribution is 2.23. The summed E-state index contributed by atoms with van der Waals surface area (Å²) in [5, 5.41) is 3.45. The first-order chi connectivity index (χ1) is 15.6. The number of hydrogen-bond donors (Lipinski definition) is 2. The molecule has 0 atom stereocenters. The Labute approximate surface area is 193 Å². The number of benzene rings is 1. The normalized spacial score (nSPS) is 20.2. The number of aliphatic imine (C=N–C) groups is 2. The van der Waals surface area contributed by atoms with Gasteiger partial charge >= 0.3 is 0 Å². The van der Waals surface area contributed by atoms with E-state index in [-0.39, 0.29) is 6.67 Å². The Bertz CT molecular complexity index is 817. The topological polar surface area (TPSA) is 72.5 Å². The molecule has 1 saturated heterocycles. The summed E-state index contributed by atoms with van der Waals surface area (Å²) < 4.78 is 0. The number of allylic oxidation sites excluding steroid dienone is 1. The Morgan fingerprint density at radius 2 is 1.75 bits per heavy atom. The second kappa shape index (κ2) is 12.5. The van der Waals surface area contributed by atoms with Crippen LogP contribution in [0.5, 0.6) is 0 Å². The Hall–Kier alpha value is -2.48. The highest BCUT2D eigenvalue weighted by molar-refractivity contribution is 6.10. The Morgan fingerprint density at radius 1 is 1.06 bits per heavy atom. The molecule has 2 aliphatic rings. The van der Waals surface area contributed by atoms with Crippen LogP contribution in [0, 0.1) is 0 Å². The lowest BCUT2D eigenvalue weighted by Crippen LogP contribution is -2.43. The molecule has 0 saturated carbocycles. The second-order valence-electron chi connectivity index (χ2n) is 8.55. The average Bonchev–Trinajstić information content (AvgIpc) is 3.19. The number of nitrogens with two attached hydrogens (primary N) is 1. The predicted molar refractivity (Wildman–Crippen MR) is 134 cm³/mol. The lowest BCUT2D eigenvalue weighted by Gasteiger charge is -2.32. The molecular weight excluding hydrogens is 398 g/mol. The van der Waals surface area contributed by atoms with Gasteiger partial charge in [-0.05, 0) is 37.4 Å². The van der Waals surface area contributed by atoms with Crippen molar-refractivity contribution in [2.24, 2.45) is 15.7 Å². The Balaban J connectivity index is 1.67. The molecule has 2 aliphatic heterocycles. The third-order valence-electron chi connectivity index (χ3n) is 6.04. The molecule has 7 heteroatoms. The Kier molecular flexibility index (Phi) is 9.46. The first-order valence-electron chi connectivity index (χ1n) is 11.8. The lowest BCUT2D eigenvalue weighted by atomic mass is 10.1. The van der Waals surface area contributed by atoms with E-state index in [1.807, 2.05) is 6.08 Å². The first kappa shape index (κ1) is 24.2. The minimum atomic E-state index is 0.248. The van der Waals surface area contributed by atoms with E-state index in [1.165, 1.54) is 24.0 Å². The minimum absolute atomic E-state index is 0.248. The van der Waals surface area contributed by atoms with Gasteiger partial charge < -0.3 is 20.9 Å². The van der Waals surface area contributed by atoms with Gasteiger partial charge in [0.1, 0.15) is 5.70 Å². The van der Waals surface area contributed by atoms with E-state index in [1.54, 1.807) is 0 Å². The van der Waals surface area contributed by atoms with E-state index in [4.69, 9.17) is 5.73 Å². The molecule has 3 N–H and O–H groups in total. The summed E-state index contributed by atoms with van der Waals surface area (Å²) in [5.74, 6) is 0.769. The molecule has 0 amide bonds. The van der Waals surface area contributed by atoms with Crippen molar-refractivity contribution in [1.29, 1.82) is 0 Å². The van der Waals surface area contributed by atoms with Crippen molar-refractivity contribution in [3.05, 3.63) is 59.2 Å². The molecule has 0 aromatic heterocycles. The van der Waals surface area contributed by atoms with Gasteiger partial charge in [0.2, 0.25) is 0 Å². The van der Waals surface area contributed by atoms with E-state index in [2.05, 4.69) is 81.2 Å². The van der Waals surface area contributed by atoms with Crippen LogP contribution in [0.3, 0.4) is 0 Å². The molecule has 7 nitrogen and oxygen atoms in total. The minimum Gasteiger partial charge on any atom is -0.368 e. The number of likely N-dealkylation sites (N-methyl/N-ethyl adjacent to an activating group) is 1. The van der Waals surface area contributed by atoms with Crippen molar-refractivity contribution in [2.75, 3.05) is 46.4 Å². The van der Waals surface area contributed by atoms with Crippen LogP contribution in [0.15, 0.2) is 58.0 Å². The highest BCUT2D eigenvalue weighted by Gasteiger charge is 2.23. The van der Waals surface area contributed by atoms with E-state index in [9.17, 15) is 0 Å². The molecule has 3 rings (SSSR count). The first-order valence-corrected chi connectivity index (χ1v) is 11.8. The third-order valence-corrected chi connectivity index (χ3v) is 6.04. The lowest BCUT2D eigenvalue weighted by molar-refractivity contribution is 0.148. The Morgan fingerprint density at radius 3 is 2.38 bits per heavy atom. The summed E-state index contributed by atoms with van der Waals surface area (Å²) in [6.45, 7) is 13.4. The van der Waals surface area contributed by atoms with Crippen LogP contribution in [0.4, 0.5) is 0 Å². The van der Waals surface area contributed by atoms with Crippen molar-refractivity contribution in [3.63, 3.8) is 0 Å². The quantitative estimate of drug-likeness (QED) is 0.411. The summed E-state index contributed by atoms with van der Waals surface area (Å²) in [7, 11) is 2.19. The molecule has 0 aliphatic carbocycles. The van der Waals surface area contributed by atoms with Crippen LogP contribution in [0.1, 0.15) is 37.3 Å². The van der Waals surface area contributed by atoms with Gasteiger partial charge in [0.05, 0.1) is 12.4 Å². The van der Waals surface area contributed by atoms with Gasteiger partial charge in [0.25, 0.3) is 0 Å². The summed E-state index contributed by atoms with van der Waals surface area (Å²) in [4.78, 5) is 15.8. The molecule has 2 heterocycles. The molecule has 1 fully saturated rings. The fourth-order valence-corrected chi connectivity index (χ4v) is 4.08. The zero-order chi connectivity index (χ0) is 22.8. The summed E-state index contributed by atoms with van der Waals surface area (Å²) in [5.41, 5.74) is 10.1. The number of unbranched alkanes of at least 4 members (excludes halogenated alkanes) is 2. The molecule has 0 radical (unpaired) electrons. The monoisotopic (exact) mass is 437 g/mol. The molecule has 0 unspecified atom stereocenters. The van der Waals surface area contributed by atoms with Crippen molar-refractivity contribution in [1.82, 2.24) is 20.0 Å². The van der Waals surface area contributed by atoms with Crippen LogP contribution < -0.4 is 11.1 Å². The van der Waals surface area contributed by atoms with E-state index in [0.29, 0.717) is 0 Å². The molecule has 1 aromatic carbocycles. The molecule has 32 heavy (non-hydrogen) atoms. The fourth-order valence-electron chi connectivity index (χ4n) is 4.08. The molecule has 0 spiro atoms. The summed E-state index contributed by atoms with van der Waals surface area (Å²) in [6, 6.07) is 8.96. The zero-order valence-electron chi connectivity index (χ0n) is 19.8. The van der Waals surface area contributed by atoms with Crippen LogP contribution >= 0.6 is 0 Å². The van der Waals surface area contributed by atoms with Gasteiger partial charge in [-0.25, -0.2) is 4.99 Å². The smallest absolute Gasteiger partial charge is 0.151 e. The van der Waals surface area contributed by atoms with Crippen LogP contribution in [0.25, 0.3) is 0 Å². The van der Waals surface area contributed by atoms with Gasteiger partial charge in [-0.3, -0.25) is 9.89 Å². The molecule has 0 bridgehead atoms. The standard InChI is InChI=1S/C25H39N7/c1-4-5-6-12-28-25(27-2)24-23(29-20-26)11-13-32(24)19-22-9-7-21(8-10-22)18-31-16-14-30(3)15-17-31/h7-11,13,28H,2,4-6,12,14-20,26H2,1,3H3/b25-24-,29-23-. The maximum Gasteiger partial charge on any atom is 0.151 e. The predicted octanol–water partition coefficient (Wildman–Crippen LogP) is 2.77. The zero-order valence-corrected chi connectivity index (χ0v) is 19.8. The maximum atomic E-state index is 5.72. The number of nitrogens with zero attached hydrogens (tertiary/aromatic N) is 5. The summed E-state index contributed by atoms with van der Waals surface area (Å²) in [6.07, 6.45) is 7.55. The van der Waals surface area contributed by atoms with Gasteiger partial charge in [0, 0.05) is 52.0 Å². The maximum absolute atomic E-state index is 5.72. The average molecular weight is 438 g/mol. The third kappa shape index (κ3) is 6.76. The molecule has 1 aromatic rings. The van der Waals surface area contributed by atoms with E-state index >= 15 is 0 Å². The largest absolute Gasteiger partial charge is 0.368 e. The van der Waals surface area contributed by atoms with Gasteiger partial charge in [-0.2, -0.15) is 0 Å². The van der Waals surface area contributed by atoms with Crippen molar-refractivity contribution in [2.45, 2.75) is 39.3 Å². The van der Waals surface area contributed by atoms with Crippen LogP contribution in [-0.2, 0) is 13.1 Å². The van der Waals surface area contributed by atoms with Gasteiger partial charge in [0.15, 0.2) is 5.82 Å². The van der Waals surface area contributed by atoms with Gasteiger partial charge in [-0.15, -0.1) is 0 Å². The van der Waals surface area contributed by atoms with E-state index < -0.39 is 0 Å². The van der Waals surface area contributed by atoms with Crippen molar-refractivity contribution >= 4 is 12.4 Å². The summed E-state index contributed by atoms with van der Waals surface area (Å²) >= 11 is 0. The molecular formula is C25H39N7. The van der Waals surface area contributed by atoms with Crippen molar-refractivity contribution in [3.8, 4) is 0 Å². The fraction of sp³-hybridized carbons (Fsp3) is 0.520. The number of piperazine rings is 1. The number of hydrogen-bond acceptors (Lipinski definition) is 7.